The number of benzene rings is 4. The number of aromatic nitrogens is 1. The number of unbranched alkanes of at least 4 members (excludes halogenated alkanes) is 1. The molecule has 60 heavy (non-hydrogen) atoms. The lowest BCUT2D eigenvalue weighted by Crippen LogP contribution is -2.27. The second kappa shape index (κ2) is 18.0. The van der Waals surface area contributed by atoms with Crippen LogP contribution in [0.3, 0.4) is 0 Å². The number of nitrogens with zero attached hydrogens (tertiary/aromatic N) is 2. The minimum Gasteiger partial charge on any atom is -0.488 e. The largest absolute Gasteiger partial charge is 0.488 e. The van der Waals surface area contributed by atoms with E-state index in [1.165, 1.54) is 12.2 Å². The van der Waals surface area contributed by atoms with Crippen LogP contribution >= 0.6 is 0 Å². The third kappa shape index (κ3) is 9.94. The molecule has 0 radical (unpaired) electrons. The van der Waals surface area contributed by atoms with Crippen LogP contribution in [0.15, 0.2) is 89.3 Å². The number of ether oxygens (including phenoxy) is 2. The Balaban J connectivity index is 1.62. The van der Waals surface area contributed by atoms with Crippen molar-refractivity contribution in [1.29, 1.82) is 0 Å². The number of fused-ring (bicyclic) bond motifs is 5. The van der Waals surface area contributed by atoms with Gasteiger partial charge in [-0.15, -0.1) is 0 Å². The van der Waals surface area contributed by atoms with Crippen molar-refractivity contribution in [2.75, 3.05) is 13.2 Å². The second-order valence-electron chi connectivity index (χ2n) is 15.5. The molecule has 318 valence electrons. The molecule has 0 saturated heterocycles. The first-order valence-corrected chi connectivity index (χ1v) is 20.0. The average molecular weight is 835 g/mol. The molecule has 0 N–H and O–H groups in total. The Kier molecular flexibility index (Phi) is 13.3. The molecule has 5 aromatic rings. The van der Waals surface area contributed by atoms with E-state index in [1.807, 2.05) is 69.3 Å². The fourth-order valence-corrected chi connectivity index (χ4v) is 8.19. The van der Waals surface area contributed by atoms with E-state index in [4.69, 9.17) is 14.3 Å². The monoisotopic (exact) mass is 834 g/mol. The molecule has 2 unspecified atom stereocenters. The summed E-state index contributed by atoms with van der Waals surface area (Å²) in [6, 6.07) is 19.0. The van der Waals surface area contributed by atoms with E-state index >= 15 is 0 Å². The summed E-state index contributed by atoms with van der Waals surface area (Å²) in [7, 11) is 0. The maximum absolute atomic E-state index is 14.7. The molecule has 13 heteroatoms. The van der Waals surface area contributed by atoms with Gasteiger partial charge in [-0.05, 0) is 67.8 Å². The van der Waals surface area contributed by atoms with Crippen LogP contribution in [-0.2, 0) is 25.7 Å². The standard InChI is InChI=1S/C47H48F6N2O5/c1-7-9-12-31(8-2)24-55-40-18-15-32(43(54-60-30(6)56)36-17-16-33(58-25-46(48,49)50)22-41(36)59-26-47(51,52)53)21-37(40)38-23-39(34-13-10-11-14-35(34)44(38)55)45(57)42-28(4)19-27(3)20-29(42)5/h10-11,13-21,23,31,33H,7-9,12,22,24-26H2,1-6H3/b54-43+. The Morgan fingerprint density at radius 2 is 1.55 bits per heavy atom. The minimum absolute atomic E-state index is 0.0345. The summed E-state index contributed by atoms with van der Waals surface area (Å²) in [4.78, 5) is 31.9. The van der Waals surface area contributed by atoms with E-state index in [2.05, 4.69) is 23.6 Å². The van der Waals surface area contributed by atoms with Gasteiger partial charge in [0.05, 0.1) is 11.6 Å². The molecule has 0 amide bonds. The number of halogens is 6. The Labute approximate surface area is 344 Å². The highest BCUT2D eigenvalue weighted by Gasteiger charge is 2.34. The normalized spacial score (nSPS) is 15.7. The van der Waals surface area contributed by atoms with Crippen LogP contribution in [0, 0.1) is 26.7 Å². The Bertz CT molecular complexity index is 2500. The summed E-state index contributed by atoms with van der Waals surface area (Å²) in [5.41, 5.74) is 5.76. The second-order valence-corrected chi connectivity index (χ2v) is 15.5. The summed E-state index contributed by atoms with van der Waals surface area (Å²) in [6.45, 7) is 8.54. The van der Waals surface area contributed by atoms with Crippen molar-refractivity contribution >= 4 is 50.0 Å². The van der Waals surface area contributed by atoms with Crippen molar-refractivity contribution in [3.8, 4) is 0 Å². The Hall–Kier alpha value is -5.43. The minimum atomic E-state index is -4.78. The number of hydrogen-bond acceptors (Lipinski definition) is 6. The van der Waals surface area contributed by atoms with Gasteiger partial charge in [0.1, 0.15) is 18.1 Å². The van der Waals surface area contributed by atoms with Gasteiger partial charge in [0.15, 0.2) is 12.4 Å². The molecule has 0 saturated carbocycles. The number of ketones is 1. The third-order valence-corrected chi connectivity index (χ3v) is 10.8. The Morgan fingerprint density at radius 1 is 0.867 bits per heavy atom. The fraction of sp³-hybridized carbons (Fsp3) is 0.383. The van der Waals surface area contributed by atoms with E-state index in [0.29, 0.717) is 34.5 Å². The highest BCUT2D eigenvalue weighted by molar-refractivity contribution is 6.27. The summed E-state index contributed by atoms with van der Waals surface area (Å²) < 4.78 is 92.2. The van der Waals surface area contributed by atoms with Crippen LogP contribution in [0.4, 0.5) is 26.3 Å². The van der Waals surface area contributed by atoms with Crippen molar-refractivity contribution in [3.63, 3.8) is 0 Å². The van der Waals surface area contributed by atoms with Gasteiger partial charge in [-0.2, -0.15) is 26.3 Å². The van der Waals surface area contributed by atoms with Gasteiger partial charge in [-0.25, -0.2) is 4.79 Å². The topological polar surface area (TPSA) is 79.1 Å². The molecule has 4 aromatic carbocycles. The number of hydrogen-bond donors (Lipinski definition) is 0. The van der Waals surface area contributed by atoms with E-state index in [1.54, 1.807) is 12.1 Å². The van der Waals surface area contributed by atoms with Crippen molar-refractivity contribution in [3.05, 3.63) is 118 Å². The van der Waals surface area contributed by atoms with Gasteiger partial charge < -0.3 is 18.9 Å². The van der Waals surface area contributed by atoms with Gasteiger partial charge in [0.25, 0.3) is 0 Å². The number of rotatable bonds is 15. The lowest BCUT2D eigenvalue weighted by molar-refractivity contribution is -0.183. The number of oxime groups is 1. The summed E-state index contributed by atoms with van der Waals surface area (Å²) >= 11 is 0. The summed E-state index contributed by atoms with van der Waals surface area (Å²) in [6.07, 6.45) is -4.65. The molecule has 6 rings (SSSR count). The average Bonchev–Trinajstić information content (AvgIpc) is 3.49. The number of carbonyl (C=O) groups excluding carboxylic acids is 2. The van der Waals surface area contributed by atoms with E-state index in [-0.39, 0.29) is 22.8 Å². The number of allylic oxidation sites excluding steroid dienone is 2. The maximum Gasteiger partial charge on any atom is 0.422 e. The molecule has 0 spiro atoms. The van der Waals surface area contributed by atoms with Crippen molar-refractivity contribution in [2.45, 2.75) is 98.6 Å². The van der Waals surface area contributed by atoms with Crippen LogP contribution in [0.5, 0.6) is 0 Å². The van der Waals surface area contributed by atoms with E-state index < -0.39 is 44.1 Å². The van der Waals surface area contributed by atoms with Crippen LogP contribution in [0.25, 0.3) is 32.6 Å². The molecule has 0 fully saturated rings. The first-order valence-electron chi connectivity index (χ1n) is 20.0. The van der Waals surface area contributed by atoms with Gasteiger partial charge in [0, 0.05) is 63.8 Å². The van der Waals surface area contributed by atoms with Crippen molar-refractivity contribution < 1.29 is 50.2 Å². The zero-order valence-corrected chi connectivity index (χ0v) is 34.4. The van der Waals surface area contributed by atoms with Crippen LogP contribution in [0.1, 0.15) is 91.1 Å². The van der Waals surface area contributed by atoms with E-state index in [9.17, 15) is 35.9 Å². The van der Waals surface area contributed by atoms with Gasteiger partial charge in [0.2, 0.25) is 0 Å². The molecule has 7 nitrogen and oxygen atoms in total. The SMILES string of the molecule is CCCCC(CC)Cn1c2ccc(/C(=N\OC(C)=O)C3=C(OCC(F)(F)F)CC(OCC(F)(F)F)C=C3)cc2c2cc(C(=O)c3c(C)cc(C)cc3C)c3ccccc3c21. The summed E-state index contributed by atoms with van der Waals surface area (Å²) in [5, 5.41) is 7.18. The number of aryl methyl sites for hydroxylation is 3. The van der Waals surface area contributed by atoms with Crippen LogP contribution in [0.2, 0.25) is 0 Å². The molecule has 1 aliphatic carbocycles. The molecule has 0 aliphatic heterocycles. The van der Waals surface area contributed by atoms with Gasteiger partial charge >= 0.3 is 18.3 Å². The summed E-state index contributed by atoms with van der Waals surface area (Å²) in [5.74, 6) is -0.984. The molecule has 2 atom stereocenters. The highest BCUT2D eigenvalue weighted by Crippen LogP contribution is 2.40. The fourth-order valence-electron chi connectivity index (χ4n) is 8.19. The van der Waals surface area contributed by atoms with Crippen LogP contribution in [-0.4, -0.2) is 53.7 Å². The zero-order chi connectivity index (χ0) is 43.5. The molecule has 1 aromatic heterocycles. The lowest BCUT2D eigenvalue weighted by atomic mass is 9.89. The third-order valence-electron chi connectivity index (χ3n) is 10.8. The molecule has 1 aliphatic rings. The zero-order valence-electron chi connectivity index (χ0n) is 34.4. The quantitative estimate of drug-likeness (QED) is 0.0345. The lowest BCUT2D eigenvalue weighted by Gasteiger charge is -2.24. The highest BCUT2D eigenvalue weighted by atomic mass is 19.4. The molecular weight excluding hydrogens is 787 g/mol. The maximum atomic E-state index is 14.7. The van der Waals surface area contributed by atoms with E-state index in [0.717, 1.165) is 76.5 Å². The first kappa shape index (κ1) is 44.1. The smallest absolute Gasteiger partial charge is 0.422 e. The number of alkyl halides is 6. The van der Waals surface area contributed by atoms with Gasteiger partial charge in [-0.3, -0.25) is 4.79 Å². The Morgan fingerprint density at radius 3 is 2.18 bits per heavy atom. The first-order chi connectivity index (χ1) is 28.4. The number of carbonyl (C=O) groups is 2. The predicted octanol–water partition coefficient (Wildman–Crippen LogP) is 12.3. The van der Waals surface area contributed by atoms with Crippen LogP contribution < -0.4 is 0 Å². The predicted molar refractivity (Wildman–Crippen MR) is 221 cm³/mol. The molecule has 0 bridgehead atoms. The van der Waals surface area contributed by atoms with Crippen molar-refractivity contribution in [1.82, 2.24) is 4.57 Å². The van der Waals surface area contributed by atoms with Gasteiger partial charge in [-0.1, -0.05) is 98.4 Å². The molecule has 1 heterocycles. The molecular formula is C47H48F6N2O5. The van der Waals surface area contributed by atoms with Crippen molar-refractivity contribution in [2.24, 2.45) is 11.1 Å².